The minimum atomic E-state index is -5.19. The highest BCUT2D eigenvalue weighted by Crippen LogP contribution is 2.28. The Morgan fingerprint density at radius 1 is 1.00 bits per heavy atom. The number of aromatic amines is 1. The molecule has 0 aliphatic rings. The highest BCUT2D eigenvalue weighted by Gasteiger charge is 2.40. The van der Waals surface area contributed by atoms with E-state index in [9.17, 15) is 35.9 Å². The number of ketones is 1. The molecule has 3 rings (SSSR count). The maximum absolute atomic E-state index is 12.5. The minimum absolute atomic E-state index is 0.0915. The van der Waals surface area contributed by atoms with Crippen LogP contribution in [0.2, 0.25) is 0 Å². The number of amides is 1. The Morgan fingerprint density at radius 3 is 2.12 bits per heavy atom. The van der Waals surface area contributed by atoms with E-state index < -0.39 is 34.9 Å². The second-order valence-corrected chi connectivity index (χ2v) is 9.04. The summed E-state index contributed by atoms with van der Waals surface area (Å²) in [5, 5.41) is 13.6. The fourth-order valence-corrected chi connectivity index (χ4v) is 4.81. The Kier molecular flexibility index (Phi) is 8.37. The van der Waals surface area contributed by atoms with E-state index in [1.54, 1.807) is 18.4 Å². The van der Waals surface area contributed by atoms with Crippen LogP contribution < -0.4 is 10.1 Å². The van der Waals surface area contributed by atoms with E-state index >= 15 is 0 Å². The topological polar surface area (TPSA) is 91.7 Å². The predicted molar refractivity (Wildman–Crippen MR) is 106 cm³/mol. The summed E-state index contributed by atoms with van der Waals surface area (Å²) in [5.74, 6) is -5.38. The third kappa shape index (κ3) is 7.36. The van der Waals surface area contributed by atoms with Crippen LogP contribution >= 0.6 is 34.0 Å². The molecule has 1 N–H and O–H groups in total. The highest BCUT2D eigenvalue weighted by atomic mass is 32.1. The van der Waals surface area contributed by atoms with Gasteiger partial charge in [0.1, 0.15) is 17.4 Å². The summed E-state index contributed by atoms with van der Waals surface area (Å²) in [5.41, 5.74) is 0.817. The molecule has 3 aromatic rings. The first-order valence-electron chi connectivity index (χ1n) is 8.48. The van der Waals surface area contributed by atoms with Gasteiger partial charge in [-0.25, -0.2) is 0 Å². The van der Waals surface area contributed by atoms with Crippen LogP contribution in [-0.4, -0.2) is 42.0 Å². The van der Waals surface area contributed by atoms with Gasteiger partial charge in [0.05, 0.1) is 15.1 Å². The fraction of sp³-hybridized carbons (Fsp3) is 0.222. The summed E-state index contributed by atoms with van der Waals surface area (Å²) in [4.78, 5) is 37.7. The minimum Gasteiger partial charge on any atom is -0.542 e. The van der Waals surface area contributed by atoms with Gasteiger partial charge in [0.25, 0.3) is 16.7 Å². The van der Waals surface area contributed by atoms with Crippen LogP contribution in [0.15, 0.2) is 35.0 Å². The number of Topliss-reactive ketones (excluding diaryl/α,β-unsaturated/α-hetero) is 1. The zero-order valence-corrected chi connectivity index (χ0v) is 18.7. The van der Waals surface area contributed by atoms with Crippen LogP contribution in [0.4, 0.5) is 26.3 Å². The quantitative estimate of drug-likeness (QED) is 0.372. The van der Waals surface area contributed by atoms with Gasteiger partial charge >= 0.3 is 12.4 Å². The van der Waals surface area contributed by atoms with Crippen LogP contribution in [0, 0.1) is 0 Å². The molecule has 0 saturated carbocycles. The van der Waals surface area contributed by atoms with Crippen molar-refractivity contribution in [2.75, 3.05) is 7.05 Å². The molecule has 0 radical (unpaired) electrons. The van der Waals surface area contributed by atoms with Gasteiger partial charge in [0.15, 0.2) is 0 Å². The number of carbonyl (C=O) groups is 3. The summed E-state index contributed by atoms with van der Waals surface area (Å²) in [7, 11) is 1.56. The van der Waals surface area contributed by atoms with E-state index in [0.29, 0.717) is 11.3 Å². The molecule has 178 valence electrons. The van der Waals surface area contributed by atoms with Crippen molar-refractivity contribution in [2.24, 2.45) is 0 Å². The second kappa shape index (κ2) is 10.4. The molecule has 1 amide bonds. The lowest BCUT2D eigenvalue weighted by molar-refractivity contribution is -0.372. The van der Waals surface area contributed by atoms with Crippen LogP contribution in [-0.2, 0) is 11.3 Å². The summed E-state index contributed by atoms with van der Waals surface area (Å²) < 4.78 is 69.0. The Balaban J connectivity index is 0.000000479. The first-order valence-corrected chi connectivity index (χ1v) is 11.1. The van der Waals surface area contributed by atoms with Crippen molar-refractivity contribution in [1.29, 1.82) is 0 Å². The molecule has 0 unspecified atom stereocenters. The smallest absolute Gasteiger partial charge is 0.455 e. The van der Waals surface area contributed by atoms with E-state index in [-0.39, 0.29) is 11.4 Å². The number of aliphatic carboxylic acids is 1. The number of thiazole rings is 1. The molecule has 0 spiro atoms. The molecule has 0 atom stereocenters. The number of nitrogens with zero attached hydrogens (tertiary/aromatic N) is 1. The third-order valence-electron chi connectivity index (χ3n) is 3.62. The van der Waals surface area contributed by atoms with Gasteiger partial charge in [-0.05, 0) is 23.6 Å². The molecule has 3 heterocycles. The van der Waals surface area contributed by atoms with Crippen LogP contribution in [0.5, 0.6) is 0 Å². The van der Waals surface area contributed by atoms with Crippen molar-refractivity contribution in [2.45, 2.75) is 18.9 Å². The molecular formula is C18H12F6N2O4S3. The monoisotopic (exact) mass is 530 g/mol. The number of H-pyrrole nitrogens is 1. The molecular weight excluding hydrogens is 518 g/mol. The normalized spacial score (nSPS) is 11.5. The number of hydrogen-bond acceptors (Lipinski definition) is 7. The molecule has 0 aliphatic heterocycles. The molecule has 15 heteroatoms. The van der Waals surface area contributed by atoms with Crippen molar-refractivity contribution < 1.29 is 50.8 Å². The number of hydrogen-bond donors (Lipinski definition) is 0. The predicted octanol–water partition coefficient (Wildman–Crippen LogP) is 3.67. The van der Waals surface area contributed by atoms with Gasteiger partial charge < -0.3 is 14.8 Å². The Hall–Kier alpha value is -2.78. The summed E-state index contributed by atoms with van der Waals surface area (Å²) >= 11 is 3.66. The highest BCUT2D eigenvalue weighted by molar-refractivity contribution is 7.19. The van der Waals surface area contributed by atoms with Crippen molar-refractivity contribution >= 4 is 51.7 Å². The lowest BCUT2D eigenvalue weighted by Gasteiger charge is -2.12. The number of thiophene rings is 2. The SMILES string of the molecule is CN(Cc1csc(-c2cccs2)[nH+]1)C(=O)c1ccc(C(=O)C(F)(F)F)s1.O=C([O-])C(F)(F)F. The van der Waals surface area contributed by atoms with Gasteiger partial charge in [0, 0.05) is 7.05 Å². The maximum atomic E-state index is 12.5. The largest absolute Gasteiger partial charge is 0.542 e. The zero-order chi connectivity index (χ0) is 25.0. The fourth-order valence-electron chi connectivity index (χ4n) is 2.17. The van der Waals surface area contributed by atoms with E-state index in [1.165, 1.54) is 22.3 Å². The zero-order valence-electron chi connectivity index (χ0n) is 16.2. The van der Waals surface area contributed by atoms with Gasteiger partial charge in [-0.2, -0.15) is 31.3 Å². The van der Waals surface area contributed by atoms with Crippen LogP contribution in [0.25, 0.3) is 9.88 Å². The number of nitrogens with one attached hydrogen (secondary N) is 1. The van der Waals surface area contributed by atoms with Gasteiger partial charge in [-0.3, -0.25) is 9.59 Å². The van der Waals surface area contributed by atoms with E-state index in [1.807, 2.05) is 22.9 Å². The summed E-state index contributed by atoms with van der Waals surface area (Å²) in [6.07, 6.45) is -10.1. The van der Waals surface area contributed by atoms with Crippen molar-refractivity contribution in [3.63, 3.8) is 0 Å². The number of rotatable bonds is 5. The average Bonchev–Trinajstić information content (AvgIpc) is 3.46. The maximum Gasteiger partial charge on any atom is 0.455 e. The number of alkyl halides is 6. The third-order valence-corrected chi connectivity index (χ3v) is 6.67. The Bertz CT molecular complexity index is 1120. The molecule has 6 nitrogen and oxygen atoms in total. The van der Waals surface area contributed by atoms with E-state index in [0.717, 1.165) is 21.6 Å². The second-order valence-electron chi connectivity index (χ2n) is 6.13. The van der Waals surface area contributed by atoms with E-state index in [2.05, 4.69) is 4.98 Å². The molecule has 0 fully saturated rings. The molecule has 0 aliphatic carbocycles. The molecule has 0 saturated heterocycles. The number of carboxylic acids is 1. The molecule has 3 aromatic heterocycles. The summed E-state index contributed by atoms with van der Waals surface area (Å²) in [6, 6.07) is 6.21. The number of aromatic nitrogens is 1. The molecule has 33 heavy (non-hydrogen) atoms. The number of carbonyl (C=O) groups excluding carboxylic acids is 3. The Morgan fingerprint density at radius 2 is 1.61 bits per heavy atom. The van der Waals surface area contributed by atoms with Crippen molar-refractivity contribution in [3.05, 3.63) is 50.5 Å². The first kappa shape index (κ1) is 26.5. The molecule has 0 aromatic carbocycles. The lowest BCUT2D eigenvalue weighted by atomic mass is 10.3. The van der Waals surface area contributed by atoms with Crippen LogP contribution in [0.1, 0.15) is 25.0 Å². The number of carboxylic acid groups (broad SMARTS) is 1. The molecule has 0 bridgehead atoms. The van der Waals surface area contributed by atoms with Crippen LogP contribution in [0.3, 0.4) is 0 Å². The van der Waals surface area contributed by atoms with E-state index in [4.69, 9.17) is 9.90 Å². The van der Waals surface area contributed by atoms with Crippen molar-refractivity contribution in [1.82, 2.24) is 4.90 Å². The summed E-state index contributed by atoms with van der Waals surface area (Å²) in [6.45, 7) is 0.279. The lowest BCUT2D eigenvalue weighted by Crippen LogP contribution is -2.37. The average molecular weight is 530 g/mol. The van der Waals surface area contributed by atoms with Gasteiger partial charge in [-0.15, -0.1) is 22.7 Å². The van der Waals surface area contributed by atoms with Crippen molar-refractivity contribution in [3.8, 4) is 9.88 Å². The van der Waals surface area contributed by atoms with Gasteiger partial charge in [0.2, 0.25) is 5.69 Å². The first-order chi connectivity index (χ1) is 15.2. The number of halogens is 6. The Labute approximate surface area is 193 Å². The standard InChI is InChI=1S/C16H11F3N2O2S3.C2HF3O2/c1-21(7-9-8-25-14(20-9)11-3-2-6-24-11)15(23)12-5-4-10(26-12)13(22)16(17,18)19;3-2(4,5)1(6)7/h2-6,8H,7H2,1H3;(H,6,7). The van der Waals surface area contributed by atoms with Gasteiger partial charge in [-0.1, -0.05) is 17.4 Å².